The quantitative estimate of drug-likeness (QED) is 0.507. The van der Waals surface area contributed by atoms with Crippen molar-refractivity contribution in [2.24, 2.45) is 17.8 Å². The van der Waals surface area contributed by atoms with Gasteiger partial charge in [-0.15, -0.1) is 0 Å². The van der Waals surface area contributed by atoms with Gasteiger partial charge >= 0.3 is 0 Å². The average Bonchev–Trinajstić information content (AvgIpc) is 2.60. The third-order valence-electron chi connectivity index (χ3n) is 6.07. The summed E-state index contributed by atoms with van der Waals surface area (Å²) in [6, 6.07) is 8.12. The van der Waals surface area contributed by atoms with Gasteiger partial charge in [-0.2, -0.15) is 0 Å². The van der Waals surface area contributed by atoms with Crippen LogP contribution >= 0.6 is 0 Å². The second kappa shape index (κ2) is 9.56. The molecular formula is C24H38O3S. The Balaban J connectivity index is 1.77. The molecule has 0 amide bonds. The molecule has 0 radical (unpaired) electrons. The maximum Gasteiger partial charge on any atom is 0.163 e. The van der Waals surface area contributed by atoms with Crippen molar-refractivity contribution in [1.29, 1.82) is 0 Å². The molecule has 0 aliphatic heterocycles. The van der Waals surface area contributed by atoms with E-state index < -0.39 is 14.6 Å². The van der Waals surface area contributed by atoms with E-state index in [1.54, 1.807) is 20.8 Å². The van der Waals surface area contributed by atoms with Crippen LogP contribution in [0.2, 0.25) is 0 Å². The van der Waals surface area contributed by atoms with Crippen LogP contribution in [0.1, 0.15) is 89.1 Å². The molecule has 3 nitrogen and oxygen atoms in total. The van der Waals surface area contributed by atoms with Gasteiger partial charge in [0.2, 0.25) is 0 Å². The molecule has 1 aliphatic rings. The highest BCUT2D eigenvalue weighted by molar-refractivity contribution is 7.92. The van der Waals surface area contributed by atoms with Crippen LogP contribution in [0.4, 0.5) is 0 Å². The van der Waals surface area contributed by atoms with Crippen LogP contribution in [0.15, 0.2) is 24.3 Å². The largest absolute Gasteiger partial charge is 0.294 e. The lowest BCUT2D eigenvalue weighted by atomic mass is 9.80. The van der Waals surface area contributed by atoms with Crippen LogP contribution in [0, 0.1) is 17.8 Å². The van der Waals surface area contributed by atoms with Gasteiger partial charge in [-0.05, 0) is 69.8 Å². The van der Waals surface area contributed by atoms with Gasteiger partial charge in [-0.1, -0.05) is 51.0 Å². The molecule has 0 spiro atoms. The highest BCUT2D eigenvalue weighted by atomic mass is 32.2. The van der Waals surface area contributed by atoms with E-state index in [1.807, 2.05) is 12.1 Å². The number of benzene rings is 1. The smallest absolute Gasteiger partial charge is 0.163 e. The number of sulfone groups is 1. The first-order valence-electron chi connectivity index (χ1n) is 10.8. The van der Waals surface area contributed by atoms with Gasteiger partial charge in [-0.25, -0.2) is 8.42 Å². The summed E-state index contributed by atoms with van der Waals surface area (Å²) in [5.41, 5.74) is 2.11. The molecular weight excluding hydrogens is 368 g/mol. The Bertz CT molecular complexity index is 731. The van der Waals surface area contributed by atoms with Gasteiger partial charge < -0.3 is 0 Å². The molecule has 1 aromatic carbocycles. The number of carbonyl (C=O) groups excluding carboxylic acids is 1. The first-order chi connectivity index (χ1) is 13.0. The number of hydrogen-bond donors (Lipinski definition) is 0. The Labute approximate surface area is 172 Å². The summed E-state index contributed by atoms with van der Waals surface area (Å²) in [6.07, 6.45) is 7.12. The highest BCUT2D eigenvalue weighted by Crippen LogP contribution is 2.34. The zero-order valence-corrected chi connectivity index (χ0v) is 19.1. The summed E-state index contributed by atoms with van der Waals surface area (Å²) in [4.78, 5) is 12.1. The number of Topliss-reactive ketones (excluding diaryl/α,β-unsaturated/α-hetero) is 1. The van der Waals surface area contributed by atoms with E-state index in [-0.39, 0.29) is 5.78 Å². The SMILES string of the molecule is CC(C)CC(=O)c1ccc(CCC2CCC(CS(=O)(=O)C(C)(C)C)CC2)cc1. The number of ketones is 1. The lowest BCUT2D eigenvalue weighted by Crippen LogP contribution is -2.34. The van der Waals surface area contributed by atoms with Crippen molar-refractivity contribution in [3.05, 3.63) is 35.4 Å². The van der Waals surface area contributed by atoms with Gasteiger partial charge in [-0.3, -0.25) is 4.79 Å². The minimum atomic E-state index is -3.02. The summed E-state index contributed by atoms with van der Waals surface area (Å²) in [6.45, 7) is 9.54. The predicted molar refractivity (Wildman–Crippen MR) is 118 cm³/mol. The molecule has 0 saturated heterocycles. The van der Waals surface area contributed by atoms with E-state index in [4.69, 9.17) is 0 Å². The third kappa shape index (κ3) is 6.72. The predicted octanol–water partition coefficient (Wildman–Crippen LogP) is 5.87. The summed E-state index contributed by atoms with van der Waals surface area (Å²) >= 11 is 0. The fourth-order valence-corrected chi connectivity index (χ4v) is 5.42. The van der Waals surface area contributed by atoms with Crippen LogP contribution < -0.4 is 0 Å². The Hall–Kier alpha value is -1.16. The first kappa shape index (κ1) is 23.1. The molecule has 1 saturated carbocycles. The van der Waals surface area contributed by atoms with E-state index in [0.717, 1.165) is 44.1 Å². The maximum atomic E-state index is 12.4. The molecule has 0 N–H and O–H groups in total. The molecule has 1 fully saturated rings. The Morgan fingerprint density at radius 2 is 1.54 bits per heavy atom. The lowest BCUT2D eigenvalue weighted by Gasteiger charge is -2.30. The van der Waals surface area contributed by atoms with E-state index in [2.05, 4.69) is 26.0 Å². The van der Waals surface area contributed by atoms with Crippen molar-refractivity contribution in [3.8, 4) is 0 Å². The number of hydrogen-bond acceptors (Lipinski definition) is 3. The fourth-order valence-electron chi connectivity index (χ4n) is 3.96. The van der Waals surface area contributed by atoms with Crippen molar-refractivity contribution in [3.63, 3.8) is 0 Å². The van der Waals surface area contributed by atoms with Gasteiger partial charge in [0.25, 0.3) is 0 Å². The minimum Gasteiger partial charge on any atom is -0.294 e. The molecule has 0 aromatic heterocycles. The molecule has 0 unspecified atom stereocenters. The fraction of sp³-hybridized carbons (Fsp3) is 0.708. The highest BCUT2D eigenvalue weighted by Gasteiger charge is 2.33. The molecule has 28 heavy (non-hydrogen) atoms. The van der Waals surface area contributed by atoms with E-state index in [1.165, 1.54) is 5.56 Å². The summed E-state index contributed by atoms with van der Waals surface area (Å²) in [5.74, 6) is 1.98. The molecule has 0 atom stereocenters. The Morgan fingerprint density at radius 1 is 1.00 bits per heavy atom. The molecule has 158 valence electrons. The van der Waals surface area contributed by atoms with Gasteiger partial charge in [0.15, 0.2) is 15.6 Å². The van der Waals surface area contributed by atoms with Crippen molar-refractivity contribution in [2.45, 2.75) is 84.3 Å². The third-order valence-corrected chi connectivity index (χ3v) is 8.84. The molecule has 0 heterocycles. The summed E-state index contributed by atoms with van der Waals surface area (Å²) in [5, 5.41) is 0. The monoisotopic (exact) mass is 406 g/mol. The van der Waals surface area contributed by atoms with Crippen LogP contribution in [0.25, 0.3) is 0 Å². The first-order valence-corrected chi connectivity index (χ1v) is 12.5. The maximum absolute atomic E-state index is 12.4. The van der Waals surface area contributed by atoms with Crippen LogP contribution in [-0.2, 0) is 16.3 Å². The molecule has 0 bridgehead atoms. The summed E-state index contributed by atoms with van der Waals surface area (Å²) in [7, 11) is -3.02. The minimum absolute atomic E-state index is 0.227. The molecule has 2 rings (SSSR count). The number of rotatable bonds is 8. The van der Waals surface area contributed by atoms with Crippen molar-refractivity contribution < 1.29 is 13.2 Å². The second-order valence-corrected chi connectivity index (χ2v) is 12.8. The van der Waals surface area contributed by atoms with Gasteiger partial charge in [0.1, 0.15) is 0 Å². The van der Waals surface area contributed by atoms with E-state index >= 15 is 0 Å². The van der Waals surface area contributed by atoms with Crippen LogP contribution in [0.3, 0.4) is 0 Å². The second-order valence-electron chi connectivity index (χ2n) is 10.0. The standard InChI is InChI=1S/C24H38O3S/c1-18(2)16-23(25)22-14-12-20(13-15-22)7-6-19-8-10-21(11-9-19)17-28(26,27)24(3,4)5/h12-15,18-19,21H,6-11,16-17H2,1-5H3. The summed E-state index contributed by atoms with van der Waals surface area (Å²) < 4.78 is 24.2. The van der Waals surface area contributed by atoms with Gasteiger partial charge in [0.05, 0.1) is 10.5 Å². The molecule has 1 aromatic rings. The normalized spacial score (nSPS) is 21.1. The van der Waals surface area contributed by atoms with E-state index in [0.29, 0.717) is 29.9 Å². The number of carbonyl (C=O) groups is 1. The van der Waals surface area contributed by atoms with E-state index in [9.17, 15) is 13.2 Å². The average molecular weight is 407 g/mol. The molecule has 1 aliphatic carbocycles. The Morgan fingerprint density at radius 3 is 2.04 bits per heavy atom. The Kier molecular flexibility index (Phi) is 7.89. The molecule has 4 heteroatoms. The van der Waals surface area contributed by atoms with Crippen molar-refractivity contribution in [2.75, 3.05) is 5.75 Å². The lowest BCUT2D eigenvalue weighted by molar-refractivity contribution is 0.0968. The zero-order valence-electron chi connectivity index (χ0n) is 18.3. The van der Waals surface area contributed by atoms with Crippen molar-refractivity contribution in [1.82, 2.24) is 0 Å². The zero-order chi connectivity index (χ0) is 20.9. The van der Waals surface area contributed by atoms with Gasteiger partial charge in [0, 0.05) is 12.0 Å². The van der Waals surface area contributed by atoms with Crippen LogP contribution in [0.5, 0.6) is 0 Å². The number of aryl methyl sites for hydroxylation is 1. The van der Waals surface area contributed by atoms with Crippen LogP contribution in [-0.4, -0.2) is 24.7 Å². The van der Waals surface area contributed by atoms with Crippen molar-refractivity contribution >= 4 is 15.6 Å². The topological polar surface area (TPSA) is 51.2 Å².